The van der Waals surface area contributed by atoms with E-state index in [0.717, 1.165) is 49.4 Å². The van der Waals surface area contributed by atoms with Crippen LogP contribution >= 0.6 is 0 Å². The summed E-state index contributed by atoms with van der Waals surface area (Å²) in [5.41, 5.74) is 1.29. The van der Waals surface area contributed by atoms with Crippen LogP contribution in [0.1, 0.15) is 12.5 Å². The van der Waals surface area contributed by atoms with E-state index in [1.165, 1.54) is 12.3 Å². The van der Waals surface area contributed by atoms with Gasteiger partial charge in [-0.15, -0.1) is 0 Å². The van der Waals surface area contributed by atoms with E-state index in [9.17, 15) is 13.2 Å². The summed E-state index contributed by atoms with van der Waals surface area (Å²) in [5.74, 6) is -0.956. The van der Waals surface area contributed by atoms with Crippen LogP contribution in [0.15, 0.2) is 43.0 Å². The number of anilines is 1. The smallest absolute Gasteiger partial charge is 0.225 e. The molecule has 2 aliphatic rings. The van der Waals surface area contributed by atoms with Gasteiger partial charge in [-0.2, -0.15) is 0 Å². The van der Waals surface area contributed by atoms with Gasteiger partial charge in [0.2, 0.25) is 5.95 Å². The molecular formula is C23H21F3N4O. The number of nitrogens with zero attached hydrogens (tertiary/aromatic N) is 4. The maximum absolute atomic E-state index is 14.5. The van der Waals surface area contributed by atoms with Crippen LogP contribution in [0, 0.1) is 35.2 Å². The fourth-order valence-electron chi connectivity index (χ4n) is 4.40. The maximum Gasteiger partial charge on any atom is 0.225 e. The molecule has 2 aromatic heterocycles. The number of hydrogen-bond acceptors (Lipinski definition) is 5. The average Bonchev–Trinajstić information content (AvgIpc) is 3.22. The van der Waals surface area contributed by atoms with Gasteiger partial charge in [-0.3, -0.25) is 4.98 Å². The largest absolute Gasteiger partial charge is 0.487 e. The Morgan fingerprint density at radius 2 is 1.68 bits per heavy atom. The lowest BCUT2D eigenvalue weighted by Crippen LogP contribution is -2.27. The summed E-state index contributed by atoms with van der Waals surface area (Å²) in [6.07, 6.45) is 6.97. The standard InChI is InChI=1S/C23H21F3N4O/c1-2-13-7-28-23(29-8-13)30-10-16-17(11-30)18(16)12-31-22-19(24)5-14(6-20(22)25)15-3-4-27-9-21(15)26/h3-9,16-18H,2,10-12H2,1H3/t16-,17?,18+/m1/s1. The van der Waals surface area contributed by atoms with Gasteiger partial charge in [0.05, 0.1) is 12.8 Å². The minimum Gasteiger partial charge on any atom is -0.487 e. The first kappa shape index (κ1) is 19.8. The quantitative estimate of drug-likeness (QED) is 0.589. The number of fused-ring (bicyclic) bond motifs is 1. The van der Waals surface area contributed by atoms with Crippen molar-refractivity contribution < 1.29 is 17.9 Å². The fraction of sp³-hybridized carbons (Fsp3) is 0.348. The van der Waals surface area contributed by atoms with Crippen molar-refractivity contribution >= 4 is 5.95 Å². The van der Waals surface area contributed by atoms with Crippen molar-refractivity contribution in [2.75, 3.05) is 24.6 Å². The van der Waals surface area contributed by atoms with Gasteiger partial charge in [-0.25, -0.2) is 23.1 Å². The number of rotatable bonds is 6. The number of pyridine rings is 1. The van der Waals surface area contributed by atoms with E-state index >= 15 is 0 Å². The highest BCUT2D eigenvalue weighted by Crippen LogP contribution is 2.52. The second kappa shape index (κ2) is 7.83. The van der Waals surface area contributed by atoms with Gasteiger partial charge in [-0.05, 0) is 47.6 Å². The van der Waals surface area contributed by atoms with E-state index in [2.05, 4.69) is 26.8 Å². The van der Waals surface area contributed by atoms with Crippen LogP contribution in [0.2, 0.25) is 0 Å². The third-order valence-corrected chi connectivity index (χ3v) is 6.26. The molecule has 1 aliphatic heterocycles. The molecule has 5 nitrogen and oxygen atoms in total. The van der Waals surface area contributed by atoms with Gasteiger partial charge in [0.15, 0.2) is 17.4 Å². The molecule has 0 spiro atoms. The van der Waals surface area contributed by atoms with Gasteiger partial charge >= 0.3 is 0 Å². The van der Waals surface area contributed by atoms with Crippen LogP contribution in [-0.2, 0) is 6.42 Å². The Morgan fingerprint density at radius 1 is 1.00 bits per heavy atom. The molecule has 31 heavy (non-hydrogen) atoms. The van der Waals surface area contributed by atoms with Crippen molar-refractivity contribution in [1.82, 2.24) is 15.0 Å². The molecule has 1 unspecified atom stereocenters. The topological polar surface area (TPSA) is 51.1 Å². The molecule has 1 saturated carbocycles. The molecule has 0 amide bonds. The molecule has 0 bridgehead atoms. The van der Waals surface area contributed by atoms with Crippen molar-refractivity contribution in [3.8, 4) is 16.9 Å². The summed E-state index contributed by atoms with van der Waals surface area (Å²) in [4.78, 5) is 14.6. The van der Waals surface area contributed by atoms with Gasteiger partial charge in [0.25, 0.3) is 0 Å². The molecule has 8 heteroatoms. The molecule has 2 fully saturated rings. The molecule has 160 valence electrons. The van der Waals surface area contributed by atoms with Crippen molar-refractivity contribution in [3.63, 3.8) is 0 Å². The van der Waals surface area contributed by atoms with Crippen molar-refractivity contribution in [2.24, 2.45) is 17.8 Å². The zero-order valence-electron chi connectivity index (χ0n) is 16.9. The molecular weight excluding hydrogens is 405 g/mol. The number of aryl methyl sites for hydroxylation is 1. The molecule has 3 atom stereocenters. The third-order valence-electron chi connectivity index (χ3n) is 6.26. The number of benzene rings is 1. The lowest BCUT2D eigenvalue weighted by Gasteiger charge is -2.20. The van der Waals surface area contributed by atoms with E-state index < -0.39 is 23.2 Å². The first-order valence-corrected chi connectivity index (χ1v) is 10.3. The van der Waals surface area contributed by atoms with Gasteiger partial charge < -0.3 is 9.64 Å². The SMILES string of the molecule is CCc1cnc(N2CC3[C@@H](COc4c(F)cc(-c5ccncc5F)cc4F)[C@@H]3C2)nc1. The lowest BCUT2D eigenvalue weighted by molar-refractivity contribution is 0.257. The van der Waals surface area contributed by atoms with E-state index in [1.54, 1.807) is 0 Å². The number of hydrogen-bond donors (Lipinski definition) is 0. The van der Waals surface area contributed by atoms with Crippen LogP contribution in [-0.4, -0.2) is 34.6 Å². The first-order chi connectivity index (χ1) is 15.0. The predicted molar refractivity (Wildman–Crippen MR) is 109 cm³/mol. The average molecular weight is 426 g/mol. The van der Waals surface area contributed by atoms with E-state index in [1.807, 2.05) is 12.4 Å². The lowest BCUT2D eigenvalue weighted by atomic mass is 10.1. The first-order valence-electron chi connectivity index (χ1n) is 10.3. The van der Waals surface area contributed by atoms with E-state index in [0.29, 0.717) is 11.8 Å². The predicted octanol–water partition coefficient (Wildman–Crippen LogP) is 4.28. The van der Waals surface area contributed by atoms with Crippen LogP contribution < -0.4 is 9.64 Å². The maximum atomic E-state index is 14.5. The molecule has 0 N–H and O–H groups in total. The molecule has 0 radical (unpaired) electrons. The van der Waals surface area contributed by atoms with Crippen LogP contribution in [0.3, 0.4) is 0 Å². The monoisotopic (exact) mass is 426 g/mol. The minimum atomic E-state index is -0.844. The Hall–Kier alpha value is -3.16. The van der Waals surface area contributed by atoms with Crippen molar-refractivity contribution in [1.29, 1.82) is 0 Å². The highest BCUT2D eigenvalue weighted by Gasteiger charge is 2.56. The summed E-state index contributed by atoms with van der Waals surface area (Å²) in [6, 6.07) is 3.55. The highest BCUT2D eigenvalue weighted by molar-refractivity contribution is 5.64. The summed E-state index contributed by atoms with van der Waals surface area (Å²) < 4.78 is 48.4. The Labute approximate surface area is 177 Å². The van der Waals surface area contributed by atoms with E-state index in [-0.39, 0.29) is 23.7 Å². The number of aromatic nitrogens is 3. The summed E-state index contributed by atoms with van der Waals surface area (Å²) in [6.45, 7) is 3.94. The Morgan fingerprint density at radius 3 is 2.29 bits per heavy atom. The normalized spacial score (nSPS) is 21.8. The summed E-state index contributed by atoms with van der Waals surface area (Å²) in [7, 11) is 0. The van der Waals surface area contributed by atoms with E-state index in [4.69, 9.17) is 4.74 Å². The summed E-state index contributed by atoms with van der Waals surface area (Å²) >= 11 is 0. The zero-order valence-corrected chi connectivity index (χ0v) is 16.9. The summed E-state index contributed by atoms with van der Waals surface area (Å²) in [5, 5.41) is 0. The van der Waals surface area contributed by atoms with Gasteiger partial charge in [0, 0.05) is 43.2 Å². The molecule has 5 rings (SSSR count). The zero-order chi connectivity index (χ0) is 21.5. The Bertz CT molecular complexity index is 1070. The van der Waals surface area contributed by atoms with Crippen LogP contribution in [0.4, 0.5) is 19.1 Å². The molecule has 3 heterocycles. The van der Waals surface area contributed by atoms with Crippen molar-refractivity contribution in [2.45, 2.75) is 13.3 Å². The number of piperidine rings is 1. The molecule has 3 aromatic rings. The minimum absolute atomic E-state index is 0.0883. The van der Waals surface area contributed by atoms with Gasteiger partial charge in [-0.1, -0.05) is 6.92 Å². The van der Waals surface area contributed by atoms with Crippen LogP contribution in [0.5, 0.6) is 5.75 Å². The molecule has 1 saturated heterocycles. The Balaban J connectivity index is 1.21. The number of ether oxygens (including phenoxy) is 1. The number of halogens is 3. The molecule has 1 aliphatic carbocycles. The fourth-order valence-corrected chi connectivity index (χ4v) is 4.40. The second-order valence-electron chi connectivity index (χ2n) is 8.08. The molecule has 1 aromatic carbocycles. The Kier molecular flexibility index (Phi) is 5.00. The van der Waals surface area contributed by atoms with Gasteiger partial charge in [0.1, 0.15) is 5.82 Å². The van der Waals surface area contributed by atoms with Crippen molar-refractivity contribution in [3.05, 3.63) is 66.0 Å². The van der Waals surface area contributed by atoms with Crippen LogP contribution in [0.25, 0.3) is 11.1 Å². The highest BCUT2D eigenvalue weighted by atomic mass is 19.1. The second-order valence-corrected chi connectivity index (χ2v) is 8.08. The third kappa shape index (κ3) is 3.71.